The predicted molar refractivity (Wildman–Crippen MR) is 101 cm³/mol. The molecule has 1 N–H and O–H groups in total. The van der Waals surface area contributed by atoms with Crippen molar-refractivity contribution in [3.05, 3.63) is 68.8 Å². The Morgan fingerprint density at radius 3 is 2.76 bits per heavy atom. The molecule has 25 heavy (non-hydrogen) atoms. The van der Waals surface area contributed by atoms with Gasteiger partial charge in [0.25, 0.3) is 5.56 Å². The van der Waals surface area contributed by atoms with E-state index in [0.29, 0.717) is 16.4 Å². The molecule has 0 aliphatic rings. The number of thiophene rings is 1. The predicted octanol–water partition coefficient (Wildman–Crippen LogP) is 4.13. The van der Waals surface area contributed by atoms with Crippen LogP contribution in [-0.4, -0.2) is 15.7 Å². The molecule has 1 atom stereocenters. The first-order chi connectivity index (χ1) is 12.0. The summed E-state index contributed by atoms with van der Waals surface area (Å²) in [5.74, 6) is -0.330. The summed E-state index contributed by atoms with van der Waals surface area (Å²) in [6.45, 7) is 3.46. The third kappa shape index (κ3) is 3.65. The Kier molecular flexibility index (Phi) is 5.01. The Morgan fingerprint density at radius 2 is 2.04 bits per heavy atom. The molecule has 0 saturated carbocycles. The number of nitrogens with zero attached hydrogens (tertiary/aromatic N) is 2. The van der Waals surface area contributed by atoms with Gasteiger partial charge in [-0.25, -0.2) is 4.68 Å². The first kappa shape index (κ1) is 17.4. The second-order valence-corrected chi connectivity index (χ2v) is 6.91. The number of hydrogen-bond acceptors (Lipinski definition) is 4. The maximum absolute atomic E-state index is 12.6. The lowest BCUT2D eigenvalue weighted by atomic mass is 10.2. The molecule has 0 bridgehead atoms. The summed E-state index contributed by atoms with van der Waals surface area (Å²) in [7, 11) is 0. The minimum Gasteiger partial charge on any atom is -0.324 e. The summed E-state index contributed by atoms with van der Waals surface area (Å²) in [5, 5.41) is 9.66. The highest BCUT2D eigenvalue weighted by Gasteiger charge is 2.19. The van der Waals surface area contributed by atoms with Crippen LogP contribution in [0, 0.1) is 6.92 Å². The number of carbonyl (C=O) groups is 1. The summed E-state index contributed by atoms with van der Waals surface area (Å²) >= 11 is 7.60. The molecule has 0 aliphatic heterocycles. The third-order valence-corrected chi connectivity index (χ3v) is 5.17. The van der Waals surface area contributed by atoms with Gasteiger partial charge in [-0.3, -0.25) is 9.59 Å². The van der Waals surface area contributed by atoms with E-state index in [1.165, 1.54) is 22.1 Å². The number of hydrogen-bond donors (Lipinski definition) is 1. The molecule has 0 saturated heterocycles. The molecule has 0 spiro atoms. The van der Waals surface area contributed by atoms with Gasteiger partial charge in [0.2, 0.25) is 5.91 Å². The van der Waals surface area contributed by atoms with Crippen molar-refractivity contribution in [2.75, 3.05) is 5.32 Å². The smallest absolute Gasteiger partial charge is 0.267 e. The molecular formula is C18H16ClN3O2S. The van der Waals surface area contributed by atoms with Crippen LogP contribution in [-0.2, 0) is 4.79 Å². The van der Waals surface area contributed by atoms with Crippen LogP contribution in [0.1, 0.15) is 18.5 Å². The van der Waals surface area contributed by atoms with E-state index in [0.717, 1.165) is 10.4 Å². The minimum absolute atomic E-state index is 0.328. The normalized spacial score (nSPS) is 12.0. The minimum atomic E-state index is -0.759. The van der Waals surface area contributed by atoms with Gasteiger partial charge >= 0.3 is 0 Å². The molecule has 2 heterocycles. The molecule has 5 nitrogen and oxygen atoms in total. The highest BCUT2D eigenvalue weighted by Crippen LogP contribution is 2.24. The first-order valence-electron chi connectivity index (χ1n) is 7.67. The Bertz CT molecular complexity index is 967. The Labute approximate surface area is 153 Å². The van der Waals surface area contributed by atoms with Crippen LogP contribution < -0.4 is 10.9 Å². The Balaban J connectivity index is 1.88. The number of benzene rings is 1. The highest BCUT2D eigenvalue weighted by atomic mass is 35.5. The van der Waals surface area contributed by atoms with E-state index in [4.69, 9.17) is 11.6 Å². The number of halogens is 1. The zero-order valence-corrected chi connectivity index (χ0v) is 15.3. The second kappa shape index (κ2) is 7.21. The van der Waals surface area contributed by atoms with E-state index in [2.05, 4.69) is 10.4 Å². The molecule has 0 fully saturated rings. The maximum Gasteiger partial charge on any atom is 0.267 e. The van der Waals surface area contributed by atoms with Crippen molar-refractivity contribution < 1.29 is 4.79 Å². The molecule has 0 aliphatic carbocycles. The number of rotatable bonds is 4. The molecule has 3 aromatic rings. The quantitative estimate of drug-likeness (QED) is 0.747. The zero-order chi connectivity index (χ0) is 18.0. The van der Waals surface area contributed by atoms with Crippen molar-refractivity contribution in [3.8, 4) is 10.6 Å². The Hall–Kier alpha value is -2.44. The van der Waals surface area contributed by atoms with E-state index in [1.807, 2.05) is 24.4 Å². The third-order valence-electron chi connectivity index (χ3n) is 3.87. The first-order valence-corrected chi connectivity index (χ1v) is 8.93. The topological polar surface area (TPSA) is 64.0 Å². The van der Waals surface area contributed by atoms with Crippen LogP contribution in [0.2, 0.25) is 5.02 Å². The maximum atomic E-state index is 12.6. The van der Waals surface area contributed by atoms with Crippen LogP contribution in [0.5, 0.6) is 0 Å². The van der Waals surface area contributed by atoms with Crippen LogP contribution in [0.3, 0.4) is 0 Å². The van der Waals surface area contributed by atoms with Crippen molar-refractivity contribution in [2.24, 2.45) is 0 Å². The van der Waals surface area contributed by atoms with Crippen LogP contribution in [0.25, 0.3) is 10.6 Å². The lowest BCUT2D eigenvalue weighted by Gasteiger charge is -2.16. The van der Waals surface area contributed by atoms with Crippen LogP contribution >= 0.6 is 22.9 Å². The molecule has 1 amide bonds. The van der Waals surface area contributed by atoms with Crippen molar-refractivity contribution in [2.45, 2.75) is 19.9 Å². The van der Waals surface area contributed by atoms with Gasteiger partial charge < -0.3 is 5.32 Å². The summed E-state index contributed by atoms with van der Waals surface area (Å²) < 4.78 is 1.20. The standard InChI is InChI=1S/C18H16ClN3O2S/c1-11-13(19)5-3-6-14(11)20-18(24)12(2)22-17(23)9-8-15(21-22)16-7-4-10-25-16/h3-10,12H,1-2H3,(H,20,24). The van der Waals surface area contributed by atoms with Gasteiger partial charge in [-0.05, 0) is 49.1 Å². The molecule has 1 aromatic carbocycles. The van der Waals surface area contributed by atoms with Gasteiger partial charge in [-0.1, -0.05) is 23.7 Å². The van der Waals surface area contributed by atoms with Crippen LogP contribution in [0.4, 0.5) is 5.69 Å². The lowest BCUT2D eigenvalue weighted by molar-refractivity contribution is -0.119. The fourth-order valence-corrected chi connectivity index (χ4v) is 3.21. The van der Waals surface area contributed by atoms with Crippen molar-refractivity contribution in [1.82, 2.24) is 9.78 Å². The fourth-order valence-electron chi connectivity index (χ4n) is 2.35. The fraction of sp³-hybridized carbons (Fsp3) is 0.167. The largest absolute Gasteiger partial charge is 0.324 e. The molecule has 7 heteroatoms. The summed E-state index contributed by atoms with van der Waals surface area (Å²) in [5.41, 5.74) is 1.73. The molecule has 0 radical (unpaired) electrons. The van der Waals surface area contributed by atoms with Gasteiger partial charge in [0.15, 0.2) is 0 Å². The lowest BCUT2D eigenvalue weighted by Crippen LogP contribution is -2.33. The SMILES string of the molecule is Cc1c(Cl)cccc1NC(=O)C(C)n1nc(-c2cccs2)ccc1=O. The van der Waals surface area contributed by atoms with E-state index >= 15 is 0 Å². The van der Waals surface area contributed by atoms with Crippen molar-refractivity contribution in [3.63, 3.8) is 0 Å². The summed E-state index contributed by atoms with van der Waals surface area (Å²) in [6.07, 6.45) is 0. The Morgan fingerprint density at radius 1 is 1.24 bits per heavy atom. The monoisotopic (exact) mass is 373 g/mol. The molecule has 1 unspecified atom stereocenters. The van der Waals surface area contributed by atoms with Crippen LogP contribution in [0.15, 0.2) is 52.6 Å². The van der Waals surface area contributed by atoms with E-state index in [1.54, 1.807) is 31.2 Å². The molecule has 2 aromatic heterocycles. The highest BCUT2D eigenvalue weighted by molar-refractivity contribution is 7.13. The van der Waals surface area contributed by atoms with Gasteiger partial charge in [-0.2, -0.15) is 5.10 Å². The van der Waals surface area contributed by atoms with E-state index in [9.17, 15) is 9.59 Å². The number of nitrogens with one attached hydrogen (secondary N) is 1. The van der Waals surface area contributed by atoms with Crippen molar-refractivity contribution >= 4 is 34.5 Å². The average Bonchev–Trinajstić information content (AvgIpc) is 3.13. The van der Waals surface area contributed by atoms with Crippen molar-refractivity contribution in [1.29, 1.82) is 0 Å². The number of anilines is 1. The van der Waals surface area contributed by atoms with Gasteiger partial charge in [-0.15, -0.1) is 11.3 Å². The molecular weight excluding hydrogens is 358 g/mol. The molecule has 128 valence electrons. The van der Waals surface area contributed by atoms with Gasteiger partial charge in [0.05, 0.1) is 4.88 Å². The summed E-state index contributed by atoms with van der Waals surface area (Å²) in [4.78, 5) is 25.7. The second-order valence-electron chi connectivity index (χ2n) is 5.56. The number of amides is 1. The van der Waals surface area contributed by atoms with Gasteiger partial charge in [0, 0.05) is 16.8 Å². The average molecular weight is 374 g/mol. The van der Waals surface area contributed by atoms with Gasteiger partial charge in [0.1, 0.15) is 11.7 Å². The zero-order valence-electron chi connectivity index (χ0n) is 13.7. The summed E-state index contributed by atoms with van der Waals surface area (Å²) in [6, 6.07) is 11.4. The van der Waals surface area contributed by atoms with E-state index in [-0.39, 0.29) is 11.5 Å². The van der Waals surface area contributed by atoms with E-state index < -0.39 is 6.04 Å². The number of carbonyl (C=O) groups excluding carboxylic acids is 1. The molecule has 3 rings (SSSR count). The number of aromatic nitrogens is 2.